The summed E-state index contributed by atoms with van der Waals surface area (Å²) in [6.45, 7) is 3.84. The molecule has 0 unspecified atom stereocenters. The van der Waals surface area contributed by atoms with Gasteiger partial charge in [0.1, 0.15) is 17.6 Å². The molecule has 0 atom stereocenters. The van der Waals surface area contributed by atoms with Gasteiger partial charge in [0.2, 0.25) is 0 Å². The standard InChI is InChI=1S/C26H32N2O5/c1-17-12-24(32-15-25(29)31-4)22(14-27)18(2)21(17)13-20-10-11-23(33-16-30-3)26(28-20)19-8-6-5-7-9-19/h10-12,19H,5-9,13,15-16H2,1-4H3. The van der Waals surface area contributed by atoms with Crippen molar-refractivity contribution in [2.24, 2.45) is 0 Å². The summed E-state index contributed by atoms with van der Waals surface area (Å²) in [5.74, 6) is 1.07. The van der Waals surface area contributed by atoms with E-state index >= 15 is 0 Å². The first-order valence-corrected chi connectivity index (χ1v) is 11.3. The van der Waals surface area contributed by atoms with E-state index in [0.717, 1.165) is 46.7 Å². The molecule has 0 radical (unpaired) electrons. The topological polar surface area (TPSA) is 90.7 Å². The maximum atomic E-state index is 11.5. The molecular weight excluding hydrogens is 420 g/mol. The van der Waals surface area contributed by atoms with E-state index in [1.165, 1.54) is 26.4 Å². The maximum absolute atomic E-state index is 11.5. The molecule has 1 aromatic carbocycles. The second-order valence-corrected chi connectivity index (χ2v) is 8.40. The summed E-state index contributed by atoms with van der Waals surface area (Å²) in [5.41, 5.74) is 5.19. The number of aromatic nitrogens is 1. The Kier molecular flexibility index (Phi) is 8.67. The van der Waals surface area contributed by atoms with Gasteiger partial charge in [-0.1, -0.05) is 19.3 Å². The van der Waals surface area contributed by atoms with Crippen LogP contribution in [0.4, 0.5) is 0 Å². The van der Waals surface area contributed by atoms with Crippen molar-refractivity contribution in [2.45, 2.75) is 58.3 Å². The van der Waals surface area contributed by atoms with Gasteiger partial charge in [-0.2, -0.15) is 5.26 Å². The van der Waals surface area contributed by atoms with Gasteiger partial charge >= 0.3 is 5.97 Å². The van der Waals surface area contributed by atoms with Gasteiger partial charge in [0.05, 0.1) is 18.4 Å². The predicted octanol–water partition coefficient (Wildman–Crippen LogP) is 4.74. The number of hydrogen-bond donors (Lipinski definition) is 0. The van der Waals surface area contributed by atoms with E-state index in [-0.39, 0.29) is 13.4 Å². The Morgan fingerprint density at radius 1 is 1.12 bits per heavy atom. The highest BCUT2D eigenvalue weighted by Crippen LogP contribution is 2.37. The van der Waals surface area contributed by atoms with Crippen molar-refractivity contribution < 1.29 is 23.7 Å². The van der Waals surface area contributed by atoms with Crippen molar-refractivity contribution in [3.05, 3.63) is 51.8 Å². The lowest BCUT2D eigenvalue weighted by Gasteiger charge is -2.24. The predicted molar refractivity (Wildman–Crippen MR) is 124 cm³/mol. The summed E-state index contributed by atoms with van der Waals surface area (Å²) < 4.78 is 21.1. The zero-order valence-electron chi connectivity index (χ0n) is 19.9. The first kappa shape index (κ1) is 24.5. The van der Waals surface area contributed by atoms with Gasteiger partial charge in [-0.3, -0.25) is 4.98 Å². The molecule has 1 aromatic heterocycles. The second-order valence-electron chi connectivity index (χ2n) is 8.40. The van der Waals surface area contributed by atoms with Crippen molar-refractivity contribution in [3.8, 4) is 17.6 Å². The van der Waals surface area contributed by atoms with Gasteiger partial charge < -0.3 is 18.9 Å². The number of ether oxygens (including phenoxy) is 4. The van der Waals surface area contributed by atoms with Crippen molar-refractivity contribution in [1.29, 1.82) is 5.26 Å². The molecule has 0 spiro atoms. The molecule has 176 valence electrons. The van der Waals surface area contributed by atoms with Crippen LogP contribution in [0.3, 0.4) is 0 Å². The Bertz CT molecular complexity index is 1020. The molecule has 0 saturated heterocycles. The Morgan fingerprint density at radius 2 is 1.88 bits per heavy atom. The summed E-state index contributed by atoms with van der Waals surface area (Å²) in [6.07, 6.45) is 6.50. The number of aryl methyl sites for hydroxylation is 1. The summed E-state index contributed by atoms with van der Waals surface area (Å²) >= 11 is 0. The Labute approximate surface area is 195 Å². The van der Waals surface area contributed by atoms with E-state index in [4.69, 9.17) is 19.2 Å². The lowest BCUT2D eigenvalue weighted by atomic mass is 9.86. The Hall–Kier alpha value is -3.11. The van der Waals surface area contributed by atoms with Crippen LogP contribution in [-0.2, 0) is 20.7 Å². The molecule has 33 heavy (non-hydrogen) atoms. The molecule has 1 aliphatic carbocycles. The van der Waals surface area contributed by atoms with Crippen molar-refractivity contribution in [3.63, 3.8) is 0 Å². The SMILES string of the molecule is COCOc1ccc(Cc2c(C)cc(OCC(=O)OC)c(C#N)c2C)nc1C1CCCCC1. The Balaban J connectivity index is 1.91. The molecular formula is C26H32N2O5. The lowest BCUT2D eigenvalue weighted by molar-refractivity contribution is -0.142. The number of benzene rings is 1. The van der Waals surface area contributed by atoms with Gasteiger partial charge in [0.15, 0.2) is 13.4 Å². The zero-order chi connectivity index (χ0) is 23.8. The van der Waals surface area contributed by atoms with Crippen molar-refractivity contribution >= 4 is 5.97 Å². The average molecular weight is 453 g/mol. The highest BCUT2D eigenvalue weighted by molar-refractivity contribution is 5.71. The third kappa shape index (κ3) is 6.02. The van der Waals surface area contributed by atoms with Crippen molar-refractivity contribution in [1.82, 2.24) is 4.98 Å². The fourth-order valence-electron chi connectivity index (χ4n) is 4.40. The number of rotatable bonds is 9. The molecule has 0 bridgehead atoms. The minimum absolute atomic E-state index is 0.192. The molecule has 3 rings (SSSR count). The van der Waals surface area contributed by atoms with Crippen molar-refractivity contribution in [2.75, 3.05) is 27.6 Å². The molecule has 1 heterocycles. The molecule has 2 aromatic rings. The first-order valence-electron chi connectivity index (χ1n) is 11.3. The summed E-state index contributed by atoms with van der Waals surface area (Å²) in [4.78, 5) is 16.5. The van der Waals surface area contributed by atoms with E-state index in [1.807, 2.05) is 32.0 Å². The molecule has 0 amide bonds. The highest BCUT2D eigenvalue weighted by atomic mass is 16.7. The summed E-state index contributed by atoms with van der Waals surface area (Å²) in [7, 11) is 2.91. The number of nitriles is 1. The number of methoxy groups -OCH3 is 2. The number of pyridine rings is 1. The van der Waals surface area contributed by atoms with Crippen LogP contribution in [0.15, 0.2) is 18.2 Å². The van der Waals surface area contributed by atoms with Gasteiger partial charge in [0.25, 0.3) is 0 Å². The average Bonchev–Trinajstić information content (AvgIpc) is 2.84. The largest absolute Gasteiger partial charge is 0.480 e. The highest BCUT2D eigenvalue weighted by Gasteiger charge is 2.22. The van der Waals surface area contributed by atoms with Gasteiger partial charge in [-0.25, -0.2) is 4.79 Å². The van der Waals surface area contributed by atoms with Crippen LogP contribution in [0.25, 0.3) is 0 Å². The fourth-order valence-corrected chi connectivity index (χ4v) is 4.40. The molecule has 0 N–H and O–H groups in total. The monoisotopic (exact) mass is 452 g/mol. The quantitative estimate of drug-likeness (QED) is 0.401. The van der Waals surface area contributed by atoms with Gasteiger partial charge in [0, 0.05) is 25.1 Å². The van der Waals surface area contributed by atoms with Gasteiger partial charge in [-0.15, -0.1) is 0 Å². The number of carbonyl (C=O) groups excluding carboxylic acids is 1. The maximum Gasteiger partial charge on any atom is 0.343 e. The number of nitrogens with zero attached hydrogens (tertiary/aromatic N) is 2. The minimum Gasteiger partial charge on any atom is -0.480 e. The molecule has 7 heteroatoms. The smallest absolute Gasteiger partial charge is 0.343 e. The third-order valence-electron chi connectivity index (χ3n) is 6.21. The summed E-state index contributed by atoms with van der Waals surface area (Å²) in [5, 5.41) is 9.75. The fraction of sp³-hybridized carbons (Fsp3) is 0.500. The van der Waals surface area contributed by atoms with Crippen LogP contribution in [-0.4, -0.2) is 38.6 Å². The number of carbonyl (C=O) groups is 1. The first-order chi connectivity index (χ1) is 16.0. The van der Waals surface area contributed by atoms with E-state index in [9.17, 15) is 10.1 Å². The number of hydrogen-bond acceptors (Lipinski definition) is 7. The number of esters is 1. The van der Waals surface area contributed by atoms with E-state index in [1.54, 1.807) is 7.11 Å². The Morgan fingerprint density at radius 3 is 2.55 bits per heavy atom. The van der Waals surface area contributed by atoms with Gasteiger partial charge in [-0.05, 0) is 61.6 Å². The van der Waals surface area contributed by atoms with Crippen LogP contribution < -0.4 is 9.47 Å². The van der Waals surface area contributed by atoms with E-state index in [2.05, 4.69) is 10.8 Å². The molecule has 7 nitrogen and oxygen atoms in total. The molecule has 1 aliphatic rings. The normalized spacial score (nSPS) is 13.9. The van der Waals surface area contributed by atoms with Crippen LogP contribution in [0.2, 0.25) is 0 Å². The third-order valence-corrected chi connectivity index (χ3v) is 6.21. The van der Waals surface area contributed by atoms with E-state index < -0.39 is 5.97 Å². The summed E-state index contributed by atoms with van der Waals surface area (Å²) in [6, 6.07) is 7.99. The minimum atomic E-state index is -0.492. The van der Waals surface area contributed by atoms with Crippen LogP contribution >= 0.6 is 0 Å². The second kappa shape index (κ2) is 11.7. The molecule has 1 saturated carbocycles. The van der Waals surface area contributed by atoms with E-state index in [0.29, 0.717) is 23.7 Å². The van der Waals surface area contributed by atoms with Crippen LogP contribution in [0.1, 0.15) is 71.7 Å². The lowest BCUT2D eigenvalue weighted by Crippen LogP contribution is -2.14. The molecule has 1 fully saturated rings. The van der Waals surface area contributed by atoms with Crippen LogP contribution in [0.5, 0.6) is 11.5 Å². The van der Waals surface area contributed by atoms with Crippen LogP contribution in [0, 0.1) is 25.2 Å². The molecule has 0 aliphatic heterocycles. The zero-order valence-corrected chi connectivity index (χ0v) is 19.9.